The molecule has 2 aliphatic heterocycles. The fourth-order valence-corrected chi connectivity index (χ4v) is 6.91. The van der Waals surface area contributed by atoms with Crippen LogP contribution in [0, 0.1) is 23.2 Å². The fourth-order valence-electron chi connectivity index (χ4n) is 6.91. The Hall–Kier alpha value is -2.35. The Morgan fingerprint density at radius 1 is 0.970 bits per heavy atom. The minimum atomic E-state index is 0.329. The lowest BCUT2D eigenvalue weighted by molar-refractivity contribution is 0.0774. The van der Waals surface area contributed by atoms with Gasteiger partial charge in [-0.3, -0.25) is 0 Å². The summed E-state index contributed by atoms with van der Waals surface area (Å²) >= 11 is 0. The second-order valence-electron chi connectivity index (χ2n) is 10.2. The quantitative estimate of drug-likeness (QED) is 0.592. The zero-order valence-electron chi connectivity index (χ0n) is 19.8. The molecule has 2 aromatic rings. The Morgan fingerprint density at radius 2 is 1.70 bits per heavy atom. The maximum absolute atomic E-state index is 8.91. The molecule has 0 aromatic heterocycles. The van der Waals surface area contributed by atoms with Gasteiger partial charge in [0.25, 0.3) is 0 Å². The molecule has 1 saturated carbocycles. The number of piperidine rings is 1. The standard InChI is InChI=1S/C29H37N3O/c30-20-23-10-12-27(13-11-23)33-19-5-16-32-17-14-26(15-18-32)29(25-7-2-3-8-25)22-31-21-24-6-1-4-9-28(24)29/h1,4,6,9-13,25-26,31H,2-3,5,7-8,14-19,21-22H2. The van der Waals surface area contributed by atoms with E-state index in [0.29, 0.717) is 11.0 Å². The number of hydrogen-bond acceptors (Lipinski definition) is 4. The molecule has 2 fully saturated rings. The number of fused-ring (bicyclic) bond motifs is 1. The van der Waals surface area contributed by atoms with E-state index in [9.17, 15) is 0 Å². The van der Waals surface area contributed by atoms with Crippen LogP contribution in [0.1, 0.15) is 61.6 Å². The minimum Gasteiger partial charge on any atom is -0.494 e. The number of nitrogens with zero attached hydrogens (tertiary/aromatic N) is 2. The summed E-state index contributed by atoms with van der Waals surface area (Å²) in [7, 11) is 0. The molecule has 0 radical (unpaired) electrons. The molecular weight excluding hydrogens is 406 g/mol. The maximum Gasteiger partial charge on any atom is 0.119 e. The molecule has 1 aliphatic carbocycles. The van der Waals surface area contributed by atoms with Crippen molar-refractivity contribution in [1.82, 2.24) is 10.2 Å². The van der Waals surface area contributed by atoms with Crippen LogP contribution in [0.4, 0.5) is 0 Å². The van der Waals surface area contributed by atoms with Crippen LogP contribution in [0.5, 0.6) is 5.75 Å². The molecule has 0 spiro atoms. The Bertz CT molecular complexity index is 952. The predicted octanol–water partition coefficient (Wildman–Crippen LogP) is 5.27. The second-order valence-corrected chi connectivity index (χ2v) is 10.2. The van der Waals surface area contributed by atoms with Gasteiger partial charge in [-0.25, -0.2) is 0 Å². The van der Waals surface area contributed by atoms with E-state index >= 15 is 0 Å². The molecule has 0 bridgehead atoms. The van der Waals surface area contributed by atoms with Crippen LogP contribution in [0.2, 0.25) is 0 Å². The first-order valence-electron chi connectivity index (χ1n) is 12.9. The molecule has 1 saturated heterocycles. The van der Waals surface area contributed by atoms with E-state index in [1.54, 1.807) is 5.56 Å². The average molecular weight is 444 g/mol. The van der Waals surface area contributed by atoms with Crippen LogP contribution in [-0.4, -0.2) is 37.7 Å². The van der Waals surface area contributed by atoms with Crippen molar-refractivity contribution in [3.05, 3.63) is 65.2 Å². The molecule has 2 heterocycles. The first kappa shape index (κ1) is 22.4. The van der Waals surface area contributed by atoms with E-state index in [2.05, 4.69) is 40.6 Å². The molecule has 1 N–H and O–H groups in total. The summed E-state index contributed by atoms with van der Waals surface area (Å²) in [6.07, 6.45) is 9.29. The van der Waals surface area contributed by atoms with E-state index < -0.39 is 0 Å². The number of rotatable bonds is 7. The van der Waals surface area contributed by atoms with Crippen LogP contribution in [0.15, 0.2) is 48.5 Å². The number of hydrogen-bond donors (Lipinski definition) is 1. The van der Waals surface area contributed by atoms with E-state index in [4.69, 9.17) is 10.00 Å². The van der Waals surface area contributed by atoms with Crippen molar-refractivity contribution in [2.75, 3.05) is 32.8 Å². The highest BCUT2D eigenvalue weighted by Crippen LogP contribution is 2.51. The van der Waals surface area contributed by atoms with Crippen molar-refractivity contribution in [1.29, 1.82) is 5.26 Å². The largest absolute Gasteiger partial charge is 0.494 e. The van der Waals surface area contributed by atoms with E-state index in [-0.39, 0.29) is 0 Å². The molecule has 5 rings (SSSR count). The van der Waals surface area contributed by atoms with Crippen LogP contribution in [0.25, 0.3) is 0 Å². The number of likely N-dealkylation sites (tertiary alicyclic amines) is 1. The molecule has 0 amide bonds. The number of ether oxygens (including phenoxy) is 1. The molecule has 2 aromatic carbocycles. The SMILES string of the molecule is N#Cc1ccc(OCCCN2CCC(C3(C4CCCC4)CNCc4ccccc43)CC2)cc1. The summed E-state index contributed by atoms with van der Waals surface area (Å²) in [6.45, 7) is 6.44. The van der Waals surface area contributed by atoms with E-state index in [1.165, 1.54) is 57.2 Å². The van der Waals surface area contributed by atoms with Gasteiger partial charge in [-0.15, -0.1) is 0 Å². The lowest BCUT2D eigenvalue weighted by atomic mass is 9.57. The van der Waals surface area contributed by atoms with Crippen LogP contribution in [-0.2, 0) is 12.0 Å². The first-order chi connectivity index (χ1) is 16.3. The highest BCUT2D eigenvalue weighted by molar-refractivity contribution is 5.39. The van der Waals surface area contributed by atoms with Gasteiger partial charge in [0.15, 0.2) is 0 Å². The van der Waals surface area contributed by atoms with Gasteiger partial charge >= 0.3 is 0 Å². The lowest BCUT2D eigenvalue weighted by Gasteiger charge is -2.52. The maximum atomic E-state index is 8.91. The molecule has 1 unspecified atom stereocenters. The van der Waals surface area contributed by atoms with Crippen LogP contribution < -0.4 is 10.1 Å². The molecule has 4 nitrogen and oxygen atoms in total. The molecule has 4 heteroatoms. The van der Waals surface area contributed by atoms with Crippen molar-refractivity contribution in [2.45, 2.75) is 56.9 Å². The summed E-state index contributed by atoms with van der Waals surface area (Å²) in [5, 5.41) is 12.7. The van der Waals surface area contributed by atoms with Crippen molar-refractivity contribution < 1.29 is 4.74 Å². The fraction of sp³-hybridized carbons (Fsp3) is 0.552. The summed E-state index contributed by atoms with van der Waals surface area (Å²) in [5.74, 6) is 2.47. The van der Waals surface area contributed by atoms with Crippen molar-refractivity contribution in [2.24, 2.45) is 11.8 Å². The van der Waals surface area contributed by atoms with Crippen LogP contribution >= 0.6 is 0 Å². The zero-order valence-corrected chi connectivity index (χ0v) is 19.8. The predicted molar refractivity (Wildman–Crippen MR) is 132 cm³/mol. The van der Waals surface area contributed by atoms with Gasteiger partial charge in [-0.2, -0.15) is 5.26 Å². The number of benzene rings is 2. The van der Waals surface area contributed by atoms with Gasteiger partial charge in [-0.05, 0) is 92.4 Å². The summed E-state index contributed by atoms with van der Waals surface area (Å²) in [4.78, 5) is 2.64. The summed E-state index contributed by atoms with van der Waals surface area (Å²) in [6, 6.07) is 18.9. The highest BCUT2D eigenvalue weighted by atomic mass is 16.5. The van der Waals surface area contributed by atoms with Gasteiger partial charge in [0.1, 0.15) is 5.75 Å². The number of nitrogens with one attached hydrogen (secondary N) is 1. The normalized spacial score (nSPS) is 24.3. The third kappa shape index (κ3) is 4.67. The summed E-state index contributed by atoms with van der Waals surface area (Å²) < 4.78 is 5.89. The second kappa shape index (κ2) is 10.3. The van der Waals surface area contributed by atoms with E-state index in [1.807, 2.05) is 24.3 Å². The topological polar surface area (TPSA) is 48.3 Å². The highest BCUT2D eigenvalue weighted by Gasteiger charge is 2.49. The molecular formula is C29H37N3O. The first-order valence-corrected chi connectivity index (χ1v) is 12.9. The average Bonchev–Trinajstić information content (AvgIpc) is 3.43. The molecule has 1 atom stereocenters. The van der Waals surface area contributed by atoms with Crippen LogP contribution in [0.3, 0.4) is 0 Å². The van der Waals surface area contributed by atoms with Gasteiger partial charge in [0, 0.05) is 25.0 Å². The molecule has 3 aliphatic rings. The minimum absolute atomic E-state index is 0.329. The van der Waals surface area contributed by atoms with Crippen molar-refractivity contribution in [3.63, 3.8) is 0 Å². The Balaban J connectivity index is 1.17. The molecule has 33 heavy (non-hydrogen) atoms. The third-order valence-electron chi connectivity index (χ3n) is 8.52. The lowest BCUT2D eigenvalue weighted by Crippen LogP contribution is -2.55. The van der Waals surface area contributed by atoms with Gasteiger partial charge in [0.2, 0.25) is 0 Å². The smallest absolute Gasteiger partial charge is 0.119 e. The van der Waals surface area contributed by atoms with E-state index in [0.717, 1.165) is 50.2 Å². The van der Waals surface area contributed by atoms with Crippen molar-refractivity contribution >= 4 is 0 Å². The summed E-state index contributed by atoms with van der Waals surface area (Å²) in [5.41, 5.74) is 4.22. The van der Waals surface area contributed by atoms with Gasteiger partial charge in [0.05, 0.1) is 18.2 Å². The monoisotopic (exact) mass is 443 g/mol. The Morgan fingerprint density at radius 3 is 2.45 bits per heavy atom. The third-order valence-corrected chi connectivity index (χ3v) is 8.52. The zero-order chi connectivity index (χ0) is 22.5. The number of nitriles is 1. The Labute approximate surface area is 198 Å². The van der Waals surface area contributed by atoms with Gasteiger partial charge in [-0.1, -0.05) is 37.1 Å². The van der Waals surface area contributed by atoms with Gasteiger partial charge < -0.3 is 15.0 Å². The van der Waals surface area contributed by atoms with Crippen molar-refractivity contribution in [3.8, 4) is 11.8 Å². The molecule has 174 valence electrons. The Kier molecular flexibility index (Phi) is 6.99.